The highest BCUT2D eigenvalue weighted by Gasteiger charge is 2.15. The molecule has 0 atom stereocenters. The van der Waals surface area contributed by atoms with Crippen molar-refractivity contribution >= 4 is 22.9 Å². The number of nitrogens with one attached hydrogen (secondary N) is 1. The average molecular weight is 311 g/mol. The molecule has 110 valence electrons. The Morgan fingerprint density at radius 1 is 1.23 bits per heavy atom. The van der Waals surface area contributed by atoms with Crippen LogP contribution in [0, 0.1) is 0 Å². The smallest absolute Gasteiger partial charge is 0.257 e. The van der Waals surface area contributed by atoms with E-state index in [1.807, 2.05) is 0 Å². The number of nitrogens with zero attached hydrogens (tertiary/aromatic N) is 2. The number of hydrogen-bond acceptors (Lipinski definition) is 5. The van der Waals surface area contributed by atoms with Crippen LogP contribution in [0.5, 0.6) is 5.75 Å². The minimum atomic E-state index is -0.207. The summed E-state index contributed by atoms with van der Waals surface area (Å²) < 4.78 is 5.10. The zero-order valence-electron chi connectivity index (χ0n) is 11.8. The van der Waals surface area contributed by atoms with Crippen molar-refractivity contribution in [1.82, 2.24) is 9.97 Å². The van der Waals surface area contributed by atoms with Gasteiger partial charge in [0.15, 0.2) is 0 Å². The van der Waals surface area contributed by atoms with Crippen LogP contribution >= 0.6 is 11.3 Å². The number of ether oxygens (including phenoxy) is 1. The van der Waals surface area contributed by atoms with E-state index < -0.39 is 0 Å². The molecule has 2 heterocycles. The maximum Gasteiger partial charge on any atom is 0.257 e. The van der Waals surface area contributed by atoms with Crippen molar-refractivity contribution in [2.45, 2.75) is 0 Å². The van der Waals surface area contributed by atoms with E-state index in [2.05, 4.69) is 15.3 Å². The normalized spacial score (nSPS) is 10.2. The number of carbonyl (C=O) groups is 1. The van der Waals surface area contributed by atoms with Crippen LogP contribution in [0.25, 0.3) is 10.6 Å². The molecule has 0 saturated carbocycles. The first kappa shape index (κ1) is 14.2. The second kappa shape index (κ2) is 6.36. The van der Waals surface area contributed by atoms with Gasteiger partial charge in [0.25, 0.3) is 5.91 Å². The Morgan fingerprint density at radius 2 is 2.05 bits per heavy atom. The van der Waals surface area contributed by atoms with Gasteiger partial charge in [0, 0.05) is 18.1 Å². The number of hydrogen-bond donors (Lipinski definition) is 1. The summed E-state index contributed by atoms with van der Waals surface area (Å²) in [5, 5.41) is 2.86. The molecule has 3 aromatic rings. The second-order valence-corrected chi connectivity index (χ2v) is 5.33. The predicted octanol–water partition coefficient (Wildman–Crippen LogP) is 3.47. The Balaban J connectivity index is 1.86. The molecule has 0 unspecified atom stereocenters. The van der Waals surface area contributed by atoms with Crippen molar-refractivity contribution in [3.8, 4) is 16.3 Å². The van der Waals surface area contributed by atoms with E-state index in [1.165, 1.54) is 11.3 Å². The first-order valence-electron chi connectivity index (χ1n) is 6.57. The van der Waals surface area contributed by atoms with Crippen LogP contribution < -0.4 is 10.1 Å². The van der Waals surface area contributed by atoms with E-state index in [0.29, 0.717) is 16.9 Å². The lowest BCUT2D eigenvalue weighted by molar-refractivity contribution is 0.102. The first-order valence-corrected chi connectivity index (χ1v) is 7.45. The molecule has 22 heavy (non-hydrogen) atoms. The summed E-state index contributed by atoms with van der Waals surface area (Å²) in [5.41, 5.74) is 3.57. The fourth-order valence-electron chi connectivity index (χ4n) is 1.99. The third-order valence-corrected chi connectivity index (χ3v) is 3.85. The Hall–Kier alpha value is -2.73. The molecular formula is C16H13N3O2S. The van der Waals surface area contributed by atoms with Crippen molar-refractivity contribution in [3.63, 3.8) is 0 Å². The van der Waals surface area contributed by atoms with Gasteiger partial charge in [0.05, 0.1) is 28.8 Å². The zero-order valence-corrected chi connectivity index (χ0v) is 12.6. The summed E-state index contributed by atoms with van der Waals surface area (Å²) in [4.78, 5) is 21.7. The minimum absolute atomic E-state index is 0.207. The van der Waals surface area contributed by atoms with Gasteiger partial charge in [0.2, 0.25) is 0 Å². The Kier molecular flexibility index (Phi) is 4.11. The number of carbonyl (C=O) groups excluding carboxylic acids is 1. The molecule has 0 fully saturated rings. The topological polar surface area (TPSA) is 64.1 Å². The molecule has 1 amide bonds. The van der Waals surface area contributed by atoms with Crippen LogP contribution in [-0.4, -0.2) is 23.0 Å². The van der Waals surface area contributed by atoms with Crippen LogP contribution in [0.2, 0.25) is 0 Å². The summed E-state index contributed by atoms with van der Waals surface area (Å²) in [6.45, 7) is 0. The summed E-state index contributed by atoms with van der Waals surface area (Å²) in [7, 11) is 1.60. The third-order valence-electron chi connectivity index (χ3n) is 3.07. The Labute approximate surface area is 131 Å². The lowest BCUT2D eigenvalue weighted by atomic mass is 10.1. The number of aromatic nitrogens is 2. The molecule has 5 nitrogen and oxygen atoms in total. The molecule has 0 radical (unpaired) electrons. The lowest BCUT2D eigenvalue weighted by Gasteiger charge is -2.08. The van der Waals surface area contributed by atoms with E-state index in [0.717, 1.165) is 10.6 Å². The molecule has 0 bridgehead atoms. The maximum atomic E-state index is 12.5. The monoisotopic (exact) mass is 311 g/mol. The Morgan fingerprint density at radius 3 is 2.73 bits per heavy atom. The number of rotatable bonds is 4. The first-order chi connectivity index (χ1) is 10.8. The molecule has 6 heteroatoms. The van der Waals surface area contributed by atoms with E-state index in [-0.39, 0.29) is 5.91 Å². The highest BCUT2D eigenvalue weighted by atomic mass is 32.1. The van der Waals surface area contributed by atoms with Gasteiger partial charge in [-0.05, 0) is 36.4 Å². The molecule has 0 aliphatic heterocycles. The molecule has 1 aromatic carbocycles. The molecule has 2 aromatic heterocycles. The summed E-state index contributed by atoms with van der Waals surface area (Å²) >= 11 is 1.45. The van der Waals surface area contributed by atoms with Gasteiger partial charge in [0.1, 0.15) is 5.75 Å². The van der Waals surface area contributed by atoms with Gasteiger partial charge in [-0.2, -0.15) is 0 Å². The van der Waals surface area contributed by atoms with E-state index in [9.17, 15) is 4.79 Å². The predicted molar refractivity (Wildman–Crippen MR) is 86.3 cm³/mol. The molecule has 0 spiro atoms. The van der Waals surface area contributed by atoms with Gasteiger partial charge < -0.3 is 10.1 Å². The Bertz CT molecular complexity index is 770. The molecule has 0 aliphatic carbocycles. The fraction of sp³-hybridized carbons (Fsp3) is 0.0625. The third kappa shape index (κ3) is 2.96. The number of anilines is 1. The lowest BCUT2D eigenvalue weighted by Crippen LogP contribution is -2.13. The van der Waals surface area contributed by atoms with Crippen molar-refractivity contribution < 1.29 is 9.53 Å². The van der Waals surface area contributed by atoms with Crippen LogP contribution in [0.3, 0.4) is 0 Å². The summed E-state index contributed by atoms with van der Waals surface area (Å²) in [6, 6.07) is 10.7. The quantitative estimate of drug-likeness (QED) is 0.801. The molecule has 1 N–H and O–H groups in total. The van der Waals surface area contributed by atoms with E-state index in [1.54, 1.807) is 61.4 Å². The molecule has 0 saturated heterocycles. The summed E-state index contributed by atoms with van der Waals surface area (Å²) in [5.74, 6) is 0.534. The molecule has 0 aliphatic rings. The standard InChI is InChI=1S/C16H13N3O2S/c1-21-12-6-4-11(5-7-12)19-16(20)13-3-2-8-18-15(13)14-9-17-10-22-14/h2-10H,1H3,(H,19,20). The van der Waals surface area contributed by atoms with Gasteiger partial charge >= 0.3 is 0 Å². The molecular weight excluding hydrogens is 298 g/mol. The van der Waals surface area contributed by atoms with Crippen molar-refractivity contribution in [1.29, 1.82) is 0 Å². The van der Waals surface area contributed by atoms with Gasteiger partial charge in [-0.15, -0.1) is 11.3 Å². The van der Waals surface area contributed by atoms with Crippen LogP contribution in [0.4, 0.5) is 5.69 Å². The van der Waals surface area contributed by atoms with Crippen molar-refractivity contribution in [2.24, 2.45) is 0 Å². The van der Waals surface area contributed by atoms with Crippen molar-refractivity contribution in [3.05, 3.63) is 59.9 Å². The van der Waals surface area contributed by atoms with Gasteiger partial charge in [-0.3, -0.25) is 14.8 Å². The van der Waals surface area contributed by atoms with E-state index in [4.69, 9.17) is 4.74 Å². The van der Waals surface area contributed by atoms with Crippen LogP contribution in [0.1, 0.15) is 10.4 Å². The van der Waals surface area contributed by atoms with Gasteiger partial charge in [-0.25, -0.2) is 0 Å². The number of pyridine rings is 1. The highest BCUT2D eigenvalue weighted by molar-refractivity contribution is 7.13. The second-order valence-electron chi connectivity index (χ2n) is 4.45. The number of methoxy groups -OCH3 is 1. The number of amides is 1. The van der Waals surface area contributed by atoms with Crippen LogP contribution in [-0.2, 0) is 0 Å². The number of thiazole rings is 1. The van der Waals surface area contributed by atoms with Gasteiger partial charge in [-0.1, -0.05) is 0 Å². The largest absolute Gasteiger partial charge is 0.497 e. The van der Waals surface area contributed by atoms with Crippen LogP contribution in [0.15, 0.2) is 54.3 Å². The maximum absolute atomic E-state index is 12.5. The zero-order chi connectivity index (χ0) is 15.4. The summed E-state index contributed by atoms with van der Waals surface area (Å²) in [6.07, 6.45) is 3.37. The molecule has 3 rings (SSSR count). The highest BCUT2D eigenvalue weighted by Crippen LogP contribution is 2.25. The fourth-order valence-corrected chi connectivity index (χ4v) is 2.62. The van der Waals surface area contributed by atoms with Crippen molar-refractivity contribution in [2.75, 3.05) is 12.4 Å². The van der Waals surface area contributed by atoms with E-state index >= 15 is 0 Å². The SMILES string of the molecule is COc1ccc(NC(=O)c2cccnc2-c2cncs2)cc1. The number of benzene rings is 1. The minimum Gasteiger partial charge on any atom is -0.497 e. The average Bonchev–Trinajstić information content (AvgIpc) is 3.10.